The maximum Gasteiger partial charge on any atom is 0.270 e. The van der Waals surface area contributed by atoms with E-state index in [1.165, 1.54) is 40.3 Å². The third kappa shape index (κ3) is 3.35. The minimum Gasteiger partial charge on any atom is -0.306 e. The van der Waals surface area contributed by atoms with E-state index in [9.17, 15) is 19.3 Å². The van der Waals surface area contributed by atoms with Crippen molar-refractivity contribution in [2.45, 2.75) is 6.92 Å². The highest BCUT2D eigenvalue weighted by Crippen LogP contribution is 2.29. The molecule has 1 amide bonds. The molecule has 0 aliphatic carbocycles. The number of nitrogens with one attached hydrogen (secondary N) is 1. The summed E-state index contributed by atoms with van der Waals surface area (Å²) >= 11 is 1.24. The normalized spacial score (nSPS) is 10.9. The van der Waals surface area contributed by atoms with E-state index in [1.54, 1.807) is 37.3 Å². The molecule has 4 rings (SSSR count). The molecule has 0 unspecified atom stereocenters. The van der Waals surface area contributed by atoms with Gasteiger partial charge < -0.3 is 5.32 Å². The first-order valence-electron chi connectivity index (χ1n) is 8.23. The highest BCUT2D eigenvalue weighted by Gasteiger charge is 2.16. The number of aromatic nitrogens is 2. The van der Waals surface area contributed by atoms with Crippen molar-refractivity contribution in [1.29, 1.82) is 0 Å². The summed E-state index contributed by atoms with van der Waals surface area (Å²) < 4.78 is 15.5. The number of carbonyl (C=O) groups is 1. The third-order valence-electron chi connectivity index (χ3n) is 4.08. The number of carbonyl (C=O) groups excluding carboxylic acids is 1. The predicted molar refractivity (Wildman–Crippen MR) is 105 cm³/mol. The monoisotopic (exact) mass is 396 g/mol. The first-order chi connectivity index (χ1) is 13.4. The van der Waals surface area contributed by atoms with Crippen LogP contribution >= 0.6 is 11.3 Å². The van der Waals surface area contributed by atoms with Crippen molar-refractivity contribution in [2.24, 2.45) is 0 Å². The van der Waals surface area contributed by atoms with Crippen LogP contribution in [0.5, 0.6) is 0 Å². The Labute approximate surface area is 162 Å². The standard InChI is InChI=1S/C19H13FN4O3S/c1-11-8-18(23(22-11)14-4-2-13(20)3-5-14)21-19(25)17-10-12-9-15(24(26)27)6-7-16(12)28-17/h2-10H,1H3,(H,21,25). The van der Waals surface area contributed by atoms with E-state index in [1.807, 2.05) is 0 Å². The zero-order valence-corrected chi connectivity index (χ0v) is 15.4. The van der Waals surface area contributed by atoms with Gasteiger partial charge in [-0.15, -0.1) is 11.3 Å². The highest BCUT2D eigenvalue weighted by molar-refractivity contribution is 7.20. The lowest BCUT2D eigenvalue weighted by atomic mass is 10.2. The van der Waals surface area contributed by atoms with E-state index >= 15 is 0 Å². The van der Waals surface area contributed by atoms with Gasteiger partial charge in [0.25, 0.3) is 11.6 Å². The maximum absolute atomic E-state index is 13.2. The fourth-order valence-corrected chi connectivity index (χ4v) is 3.74. The van der Waals surface area contributed by atoms with Gasteiger partial charge in [-0.2, -0.15) is 5.10 Å². The van der Waals surface area contributed by atoms with Crippen molar-refractivity contribution >= 4 is 38.8 Å². The van der Waals surface area contributed by atoms with Crippen molar-refractivity contribution in [3.63, 3.8) is 0 Å². The zero-order chi connectivity index (χ0) is 19.8. The molecule has 1 N–H and O–H groups in total. The molecule has 0 saturated heterocycles. The molecule has 7 nitrogen and oxygen atoms in total. The van der Waals surface area contributed by atoms with E-state index in [2.05, 4.69) is 10.4 Å². The number of nitrogens with zero attached hydrogens (tertiary/aromatic N) is 3. The number of rotatable bonds is 4. The van der Waals surface area contributed by atoms with Crippen LogP contribution in [0.3, 0.4) is 0 Å². The minimum absolute atomic E-state index is 0.0257. The Hall–Kier alpha value is -3.59. The van der Waals surface area contributed by atoms with Crippen molar-refractivity contribution in [3.8, 4) is 5.69 Å². The molecule has 2 heterocycles. The number of halogens is 1. The predicted octanol–water partition coefficient (Wildman–Crippen LogP) is 4.70. The van der Waals surface area contributed by atoms with Gasteiger partial charge in [-0.05, 0) is 43.3 Å². The summed E-state index contributed by atoms with van der Waals surface area (Å²) in [6.45, 7) is 1.79. The van der Waals surface area contributed by atoms with Crippen LogP contribution in [-0.2, 0) is 0 Å². The van der Waals surface area contributed by atoms with Crippen molar-refractivity contribution in [2.75, 3.05) is 5.32 Å². The Balaban J connectivity index is 1.64. The van der Waals surface area contributed by atoms with E-state index in [-0.39, 0.29) is 17.4 Å². The number of amides is 1. The van der Waals surface area contributed by atoms with Crippen LogP contribution in [-0.4, -0.2) is 20.6 Å². The van der Waals surface area contributed by atoms with Gasteiger partial charge in [0.2, 0.25) is 0 Å². The number of non-ortho nitro benzene ring substituents is 1. The Morgan fingerprint density at radius 3 is 2.64 bits per heavy atom. The van der Waals surface area contributed by atoms with Crippen LogP contribution in [0.15, 0.2) is 54.6 Å². The van der Waals surface area contributed by atoms with Crippen LogP contribution < -0.4 is 5.32 Å². The second-order valence-corrected chi connectivity index (χ2v) is 7.19. The first kappa shape index (κ1) is 17.8. The number of fused-ring (bicyclic) bond motifs is 1. The lowest BCUT2D eigenvalue weighted by molar-refractivity contribution is -0.384. The average Bonchev–Trinajstić information content (AvgIpc) is 3.25. The Kier molecular flexibility index (Phi) is 4.36. The summed E-state index contributed by atoms with van der Waals surface area (Å²) in [5.41, 5.74) is 1.27. The average molecular weight is 396 g/mol. The van der Waals surface area contributed by atoms with Crippen molar-refractivity contribution in [1.82, 2.24) is 9.78 Å². The van der Waals surface area contributed by atoms with Gasteiger partial charge in [0, 0.05) is 28.3 Å². The van der Waals surface area contributed by atoms with Gasteiger partial charge in [-0.1, -0.05) is 0 Å². The topological polar surface area (TPSA) is 90.1 Å². The minimum atomic E-state index is -0.471. The summed E-state index contributed by atoms with van der Waals surface area (Å²) in [6, 6.07) is 13.6. The van der Waals surface area contributed by atoms with Crippen LogP contribution in [0, 0.1) is 22.9 Å². The molecule has 0 aliphatic rings. The molecular weight excluding hydrogens is 383 g/mol. The van der Waals surface area contributed by atoms with Crippen molar-refractivity contribution in [3.05, 3.63) is 81.1 Å². The maximum atomic E-state index is 13.2. The quantitative estimate of drug-likeness (QED) is 0.400. The molecule has 0 saturated carbocycles. The third-order valence-corrected chi connectivity index (χ3v) is 5.19. The molecule has 0 radical (unpaired) electrons. The smallest absolute Gasteiger partial charge is 0.270 e. The molecule has 140 valence electrons. The van der Waals surface area contributed by atoms with Crippen LogP contribution in [0.2, 0.25) is 0 Å². The first-order valence-corrected chi connectivity index (χ1v) is 9.04. The number of anilines is 1. The number of hydrogen-bond donors (Lipinski definition) is 1. The largest absolute Gasteiger partial charge is 0.306 e. The summed E-state index contributed by atoms with van der Waals surface area (Å²) in [6.07, 6.45) is 0. The molecule has 0 bridgehead atoms. The fourth-order valence-electron chi connectivity index (χ4n) is 2.80. The second-order valence-electron chi connectivity index (χ2n) is 6.10. The van der Waals surface area contributed by atoms with Crippen LogP contribution in [0.25, 0.3) is 15.8 Å². The van der Waals surface area contributed by atoms with Gasteiger partial charge in [-0.3, -0.25) is 14.9 Å². The SMILES string of the molecule is Cc1cc(NC(=O)c2cc3cc([N+](=O)[O-])ccc3s2)n(-c2ccc(F)cc2)n1. The van der Waals surface area contributed by atoms with E-state index in [4.69, 9.17) is 0 Å². The number of benzene rings is 2. The number of thiophene rings is 1. The van der Waals surface area contributed by atoms with Gasteiger partial charge in [-0.25, -0.2) is 9.07 Å². The van der Waals surface area contributed by atoms with Gasteiger partial charge in [0.1, 0.15) is 11.6 Å². The Bertz CT molecular complexity index is 1210. The number of nitro benzene ring substituents is 1. The van der Waals surface area contributed by atoms with Crippen LogP contribution in [0.4, 0.5) is 15.9 Å². The molecule has 0 fully saturated rings. The van der Waals surface area contributed by atoms with Crippen LogP contribution in [0.1, 0.15) is 15.4 Å². The molecule has 4 aromatic rings. The molecular formula is C19H13FN4O3S. The highest BCUT2D eigenvalue weighted by atomic mass is 32.1. The molecule has 28 heavy (non-hydrogen) atoms. The van der Waals surface area contributed by atoms with Crippen molar-refractivity contribution < 1.29 is 14.1 Å². The summed E-state index contributed by atoms with van der Waals surface area (Å²) in [5.74, 6) is -0.276. The summed E-state index contributed by atoms with van der Waals surface area (Å²) in [7, 11) is 0. The van der Waals surface area contributed by atoms with Gasteiger partial charge in [0.15, 0.2) is 0 Å². The fraction of sp³-hybridized carbons (Fsp3) is 0.0526. The molecule has 2 aromatic carbocycles. The number of nitro groups is 1. The lowest BCUT2D eigenvalue weighted by Crippen LogP contribution is -2.13. The molecule has 0 spiro atoms. The number of aryl methyl sites for hydroxylation is 1. The van der Waals surface area contributed by atoms with E-state index in [0.29, 0.717) is 27.5 Å². The van der Waals surface area contributed by atoms with Gasteiger partial charge >= 0.3 is 0 Å². The Morgan fingerprint density at radius 2 is 1.93 bits per heavy atom. The molecule has 0 atom stereocenters. The second kappa shape index (κ2) is 6.86. The lowest BCUT2D eigenvalue weighted by Gasteiger charge is -2.08. The summed E-state index contributed by atoms with van der Waals surface area (Å²) in [4.78, 5) is 23.6. The van der Waals surface area contributed by atoms with Gasteiger partial charge in [0.05, 0.1) is 21.2 Å². The number of hydrogen-bond acceptors (Lipinski definition) is 5. The van der Waals surface area contributed by atoms with E-state index in [0.717, 1.165) is 4.70 Å². The zero-order valence-electron chi connectivity index (χ0n) is 14.5. The molecule has 9 heteroatoms. The molecule has 0 aliphatic heterocycles. The summed E-state index contributed by atoms with van der Waals surface area (Å²) in [5, 5.41) is 18.7. The Morgan fingerprint density at radius 1 is 1.18 bits per heavy atom. The van der Waals surface area contributed by atoms with E-state index < -0.39 is 4.92 Å². The molecule has 2 aromatic heterocycles.